The Balaban J connectivity index is 1.82. The van der Waals surface area contributed by atoms with Gasteiger partial charge in [-0.05, 0) is 24.8 Å². The molecule has 22 heavy (non-hydrogen) atoms. The van der Waals surface area contributed by atoms with Crippen LogP contribution in [0.3, 0.4) is 0 Å². The van der Waals surface area contributed by atoms with E-state index >= 15 is 0 Å². The number of nitrogens with zero attached hydrogens (tertiary/aromatic N) is 2. The quantitative estimate of drug-likeness (QED) is 0.829. The van der Waals surface area contributed by atoms with Gasteiger partial charge in [0.2, 0.25) is 11.8 Å². The van der Waals surface area contributed by atoms with E-state index in [2.05, 4.69) is 0 Å². The van der Waals surface area contributed by atoms with Crippen molar-refractivity contribution in [2.75, 3.05) is 26.2 Å². The first-order chi connectivity index (χ1) is 10.6. The van der Waals surface area contributed by atoms with Crippen molar-refractivity contribution in [1.82, 2.24) is 9.80 Å². The Morgan fingerprint density at radius 1 is 1.05 bits per heavy atom. The molecule has 1 saturated heterocycles. The summed E-state index contributed by atoms with van der Waals surface area (Å²) in [5.74, 6) is 0.180. The average Bonchev–Trinajstić information content (AvgIpc) is 2.86. The van der Waals surface area contributed by atoms with Crippen LogP contribution in [0.5, 0.6) is 0 Å². The molecule has 1 fully saturated rings. The smallest absolute Gasteiger partial charge is 0.227 e. The molecule has 0 aliphatic carbocycles. The monoisotopic (exact) mass is 322 g/mol. The van der Waals surface area contributed by atoms with E-state index in [1.807, 2.05) is 22.4 Å². The van der Waals surface area contributed by atoms with E-state index in [4.69, 9.17) is 0 Å². The SMILES string of the molecule is CC(=O)CCC(=O)N1CCCN(C(=O)Cc2cccs2)CC1. The molecule has 1 aliphatic rings. The average molecular weight is 322 g/mol. The molecule has 0 bridgehead atoms. The lowest BCUT2D eigenvalue weighted by molar-refractivity contribution is -0.134. The Morgan fingerprint density at radius 3 is 2.32 bits per heavy atom. The van der Waals surface area contributed by atoms with Crippen molar-refractivity contribution in [2.24, 2.45) is 0 Å². The zero-order valence-electron chi connectivity index (χ0n) is 12.9. The van der Waals surface area contributed by atoms with Gasteiger partial charge in [0.15, 0.2) is 0 Å². The van der Waals surface area contributed by atoms with Gasteiger partial charge in [-0.25, -0.2) is 0 Å². The van der Waals surface area contributed by atoms with Gasteiger partial charge < -0.3 is 14.6 Å². The minimum Gasteiger partial charge on any atom is -0.341 e. The Bertz CT molecular complexity index is 528. The first kappa shape index (κ1) is 16.7. The molecule has 6 heteroatoms. The maximum absolute atomic E-state index is 12.3. The molecule has 5 nitrogen and oxygen atoms in total. The number of amides is 2. The summed E-state index contributed by atoms with van der Waals surface area (Å²) in [5.41, 5.74) is 0. The standard InChI is InChI=1S/C16H22N2O3S/c1-13(19)5-6-15(20)17-7-3-8-18(10-9-17)16(21)12-14-4-2-11-22-14/h2,4,11H,3,5-10,12H2,1H3. The van der Waals surface area contributed by atoms with Crippen molar-refractivity contribution < 1.29 is 14.4 Å². The molecule has 1 aliphatic heterocycles. The molecule has 1 aromatic heterocycles. The highest BCUT2D eigenvalue weighted by Gasteiger charge is 2.22. The first-order valence-corrected chi connectivity index (χ1v) is 8.51. The zero-order valence-corrected chi connectivity index (χ0v) is 13.7. The number of hydrogen-bond acceptors (Lipinski definition) is 4. The van der Waals surface area contributed by atoms with E-state index < -0.39 is 0 Å². The van der Waals surface area contributed by atoms with E-state index in [-0.39, 0.29) is 24.0 Å². The predicted octanol–water partition coefficient (Wildman–Crippen LogP) is 1.72. The molecule has 2 amide bonds. The molecule has 0 spiro atoms. The number of thiophene rings is 1. The van der Waals surface area contributed by atoms with Crippen LogP contribution in [-0.2, 0) is 20.8 Å². The van der Waals surface area contributed by atoms with Crippen LogP contribution in [0.25, 0.3) is 0 Å². The first-order valence-electron chi connectivity index (χ1n) is 7.63. The van der Waals surface area contributed by atoms with Gasteiger partial charge in [0.1, 0.15) is 5.78 Å². The molecule has 120 valence electrons. The fourth-order valence-corrected chi connectivity index (χ4v) is 3.23. The normalized spacial score (nSPS) is 15.5. The predicted molar refractivity (Wildman–Crippen MR) is 85.7 cm³/mol. The molecule has 0 radical (unpaired) electrons. The van der Waals surface area contributed by atoms with E-state index in [1.165, 1.54) is 6.92 Å². The maximum Gasteiger partial charge on any atom is 0.227 e. The summed E-state index contributed by atoms with van der Waals surface area (Å²) in [4.78, 5) is 40.0. The summed E-state index contributed by atoms with van der Waals surface area (Å²) >= 11 is 1.59. The summed E-state index contributed by atoms with van der Waals surface area (Å²) in [5, 5.41) is 1.97. The van der Waals surface area contributed by atoms with Crippen molar-refractivity contribution in [3.05, 3.63) is 22.4 Å². The van der Waals surface area contributed by atoms with Gasteiger partial charge in [0.05, 0.1) is 6.42 Å². The lowest BCUT2D eigenvalue weighted by atomic mass is 10.2. The third kappa shape index (κ3) is 4.94. The van der Waals surface area contributed by atoms with Gasteiger partial charge >= 0.3 is 0 Å². The highest BCUT2D eigenvalue weighted by atomic mass is 32.1. The fraction of sp³-hybridized carbons (Fsp3) is 0.562. The molecule has 0 atom stereocenters. The minimum atomic E-state index is 0.0164. The maximum atomic E-state index is 12.3. The molecule has 2 heterocycles. The number of rotatable bonds is 5. The molecule has 1 aromatic rings. The summed E-state index contributed by atoms with van der Waals surface area (Å²) in [7, 11) is 0. The topological polar surface area (TPSA) is 57.7 Å². The Morgan fingerprint density at radius 2 is 1.73 bits per heavy atom. The zero-order chi connectivity index (χ0) is 15.9. The molecule has 0 saturated carbocycles. The molecular formula is C16H22N2O3S. The van der Waals surface area contributed by atoms with Gasteiger partial charge in [-0.2, -0.15) is 0 Å². The van der Waals surface area contributed by atoms with Crippen LogP contribution in [0, 0.1) is 0 Å². The molecule has 0 unspecified atom stereocenters. The van der Waals surface area contributed by atoms with Crippen molar-refractivity contribution in [1.29, 1.82) is 0 Å². The molecule has 2 rings (SSSR count). The molecule has 0 N–H and O–H groups in total. The van der Waals surface area contributed by atoms with Gasteiger partial charge in [-0.3, -0.25) is 9.59 Å². The summed E-state index contributed by atoms with van der Waals surface area (Å²) in [6.07, 6.45) is 1.81. The van der Waals surface area contributed by atoms with Crippen LogP contribution >= 0.6 is 11.3 Å². The van der Waals surface area contributed by atoms with Gasteiger partial charge in [0.25, 0.3) is 0 Å². The Kier molecular flexibility index (Phi) is 6.12. The second-order valence-corrected chi connectivity index (χ2v) is 6.61. The Hall–Kier alpha value is -1.69. The van der Waals surface area contributed by atoms with E-state index in [0.29, 0.717) is 39.0 Å². The largest absolute Gasteiger partial charge is 0.341 e. The number of carbonyl (C=O) groups is 3. The number of hydrogen-bond donors (Lipinski definition) is 0. The second-order valence-electron chi connectivity index (χ2n) is 5.57. The summed E-state index contributed by atoms with van der Waals surface area (Å²) in [6, 6.07) is 3.92. The van der Waals surface area contributed by atoms with Crippen molar-refractivity contribution in [3.8, 4) is 0 Å². The van der Waals surface area contributed by atoms with Crippen LogP contribution in [0.4, 0.5) is 0 Å². The van der Waals surface area contributed by atoms with Crippen LogP contribution < -0.4 is 0 Å². The van der Waals surface area contributed by atoms with Crippen LogP contribution in [0.15, 0.2) is 17.5 Å². The number of Topliss-reactive ketones (excluding diaryl/α,β-unsaturated/α-hetero) is 1. The molecular weight excluding hydrogens is 300 g/mol. The molecule has 0 aromatic carbocycles. The Labute approximate surface area is 134 Å². The lowest BCUT2D eigenvalue weighted by Crippen LogP contribution is -2.37. The minimum absolute atomic E-state index is 0.0164. The summed E-state index contributed by atoms with van der Waals surface area (Å²) < 4.78 is 0. The van der Waals surface area contributed by atoms with E-state index in [9.17, 15) is 14.4 Å². The lowest BCUT2D eigenvalue weighted by Gasteiger charge is -2.22. The van der Waals surface area contributed by atoms with Crippen LogP contribution in [0.1, 0.15) is 31.1 Å². The van der Waals surface area contributed by atoms with Crippen molar-refractivity contribution in [2.45, 2.75) is 32.6 Å². The van der Waals surface area contributed by atoms with Crippen LogP contribution in [-0.4, -0.2) is 53.6 Å². The summed E-state index contributed by atoms with van der Waals surface area (Å²) in [6.45, 7) is 4.00. The number of ketones is 1. The van der Waals surface area contributed by atoms with E-state index in [1.54, 1.807) is 16.2 Å². The van der Waals surface area contributed by atoms with Crippen molar-refractivity contribution >= 4 is 28.9 Å². The van der Waals surface area contributed by atoms with Crippen molar-refractivity contribution in [3.63, 3.8) is 0 Å². The highest BCUT2D eigenvalue weighted by Crippen LogP contribution is 2.12. The third-order valence-electron chi connectivity index (χ3n) is 3.80. The highest BCUT2D eigenvalue weighted by molar-refractivity contribution is 7.10. The van der Waals surface area contributed by atoms with Gasteiger partial charge in [0, 0.05) is 43.9 Å². The second kappa shape index (κ2) is 8.08. The van der Waals surface area contributed by atoms with Crippen LogP contribution in [0.2, 0.25) is 0 Å². The van der Waals surface area contributed by atoms with E-state index in [0.717, 1.165) is 11.3 Å². The third-order valence-corrected chi connectivity index (χ3v) is 4.67. The van der Waals surface area contributed by atoms with Gasteiger partial charge in [-0.1, -0.05) is 6.07 Å². The van der Waals surface area contributed by atoms with Gasteiger partial charge in [-0.15, -0.1) is 11.3 Å². The fourth-order valence-electron chi connectivity index (χ4n) is 2.53. The number of carbonyl (C=O) groups excluding carboxylic acids is 3.